The highest BCUT2D eigenvalue weighted by atomic mass is 19.1. The third-order valence-corrected chi connectivity index (χ3v) is 4.54. The first-order valence-electron chi connectivity index (χ1n) is 8.45. The minimum Gasteiger partial charge on any atom is -0.489 e. The molecule has 0 saturated carbocycles. The lowest BCUT2D eigenvalue weighted by atomic mass is 9.98. The molecule has 3 rings (SSSR count). The molecule has 0 radical (unpaired) electrons. The second-order valence-corrected chi connectivity index (χ2v) is 6.57. The minimum absolute atomic E-state index is 0.251. The van der Waals surface area contributed by atoms with Gasteiger partial charge in [0.05, 0.1) is 5.92 Å². The molecule has 0 aliphatic carbocycles. The third kappa shape index (κ3) is 4.57. The van der Waals surface area contributed by atoms with E-state index in [4.69, 9.17) is 9.84 Å². The molecule has 132 valence electrons. The highest BCUT2D eigenvalue weighted by Crippen LogP contribution is 2.25. The van der Waals surface area contributed by atoms with Crippen LogP contribution in [0.25, 0.3) is 0 Å². The summed E-state index contributed by atoms with van der Waals surface area (Å²) in [6.07, 6.45) is 0.884. The van der Waals surface area contributed by atoms with Crippen molar-refractivity contribution in [2.75, 3.05) is 13.1 Å². The summed E-state index contributed by atoms with van der Waals surface area (Å²) in [5.41, 5.74) is 3.39. The van der Waals surface area contributed by atoms with Gasteiger partial charge >= 0.3 is 5.97 Å². The summed E-state index contributed by atoms with van der Waals surface area (Å²) in [6, 6.07) is 12.3. The maximum absolute atomic E-state index is 12.9. The van der Waals surface area contributed by atoms with Crippen molar-refractivity contribution >= 4 is 5.97 Å². The van der Waals surface area contributed by atoms with Gasteiger partial charge in [-0.15, -0.1) is 0 Å². The first-order chi connectivity index (χ1) is 12.0. The second-order valence-electron chi connectivity index (χ2n) is 6.57. The number of carboxylic acids is 1. The SMILES string of the molecule is CC(CN1CCc2cc(OCc3ccc(F)cc3)ccc2C1)C(=O)O. The van der Waals surface area contributed by atoms with Crippen LogP contribution in [0.1, 0.15) is 23.6 Å². The highest BCUT2D eigenvalue weighted by Gasteiger charge is 2.21. The summed E-state index contributed by atoms with van der Waals surface area (Å²) in [5.74, 6) is -0.565. The molecule has 0 amide bonds. The van der Waals surface area contributed by atoms with Gasteiger partial charge in [0.15, 0.2) is 0 Å². The smallest absolute Gasteiger partial charge is 0.307 e. The fourth-order valence-electron chi connectivity index (χ4n) is 3.05. The van der Waals surface area contributed by atoms with Crippen molar-refractivity contribution in [1.29, 1.82) is 0 Å². The molecule has 0 aromatic heterocycles. The van der Waals surface area contributed by atoms with Gasteiger partial charge < -0.3 is 9.84 Å². The normalized spacial score (nSPS) is 15.4. The van der Waals surface area contributed by atoms with E-state index in [1.807, 2.05) is 12.1 Å². The lowest BCUT2D eigenvalue weighted by Gasteiger charge is -2.30. The Morgan fingerprint density at radius 1 is 1.24 bits per heavy atom. The Kier molecular flexibility index (Phi) is 5.34. The summed E-state index contributed by atoms with van der Waals surface area (Å²) in [4.78, 5) is 13.2. The number of carbonyl (C=O) groups is 1. The molecule has 4 nitrogen and oxygen atoms in total. The van der Waals surface area contributed by atoms with Gasteiger partial charge in [0.2, 0.25) is 0 Å². The molecular formula is C20H22FNO3. The summed E-state index contributed by atoms with van der Waals surface area (Å²) in [6.45, 7) is 4.33. The van der Waals surface area contributed by atoms with Crippen LogP contribution >= 0.6 is 0 Å². The van der Waals surface area contributed by atoms with Crippen molar-refractivity contribution in [3.05, 3.63) is 65.0 Å². The fourth-order valence-corrected chi connectivity index (χ4v) is 3.05. The van der Waals surface area contributed by atoms with E-state index in [2.05, 4.69) is 11.0 Å². The van der Waals surface area contributed by atoms with Crippen LogP contribution in [0.15, 0.2) is 42.5 Å². The van der Waals surface area contributed by atoms with Crippen LogP contribution in [-0.4, -0.2) is 29.1 Å². The molecule has 1 unspecified atom stereocenters. The molecule has 2 aromatic carbocycles. The molecule has 0 fully saturated rings. The number of benzene rings is 2. The lowest BCUT2D eigenvalue weighted by Crippen LogP contribution is -2.36. The molecule has 1 aliphatic heterocycles. The number of nitrogens with zero attached hydrogens (tertiary/aromatic N) is 1. The summed E-state index contributed by atoms with van der Waals surface area (Å²) in [7, 11) is 0. The Bertz CT molecular complexity index is 745. The summed E-state index contributed by atoms with van der Waals surface area (Å²) in [5, 5.41) is 9.05. The number of halogens is 1. The minimum atomic E-state index is -0.754. The van der Waals surface area contributed by atoms with Crippen LogP contribution in [0.5, 0.6) is 5.75 Å². The number of rotatable bonds is 6. The topological polar surface area (TPSA) is 49.8 Å². The van der Waals surface area contributed by atoms with Crippen molar-refractivity contribution in [1.82, 2.24) is 4.90 Å². The van der Waals surface area contributed by atoms with E-state index >= 15 is 0 Å². The van der Waals surface area contributed by atoms with E-state index in [9.17, 15) is 9.18 Å². The van der Waals surface area contributed by atoms with Gasteiger partial charge in [0.1, 0.15) is 18.2 Å². The fraction of sp³-hybridized carbons (Fsp3) is 0.350. The van der Waals surface area contributed by atoms with Crippen LogP contribution in [-0.2, 0) is 24.4 Å². The van der Waals surface area contributed by atoms with Crippen LogP contribution in [0.4, 0.5) is 4.39 Å². The van der Waals surface area contributed by atoms with Gasteiger partial charge in [-0.2, -0.15) is 0 Å². The number of aliphatic carboxylic acids is 1. The number of hydrogen-bond donors (Lipinski definition) is 1. The molecule has 0 spiro atoms. The zero-order valence-electron chi connectivity index (χ0n) is 14.2. The summed E-state index contributed by atoms with van der Waals surface area (Å²) < 4.78 is 18.7. The molecule has 1 heterocycles. The van der Waals surface area contributed by atoms with Gasteiger partial charge in [-0.3, -0.25) is 9.69 Å². The number of fused-ring (bicyclic) bond motifs is 1. The molecule has 0 bridgehead atoms. The van der Waals surface area contributed by atoms with Crippen LogP contribution in [0, 0.1) is 11.7 Å². The Morgan fingerprint density at radius 2 is 2.00 bits per heavy atom. The van der Waals surface area contributed by atoms with Crippen LogP contribution in [0.3, 0.4) is 0 Å². The molecule has 1 aliphatic rings. The van der Waals surface area contributed by atoms with E-state index in [-0.39, 0.29) is 11.7 Å². The zero-order valence-corrected chi connectivity index (χ0v) is 14.2. The van der Waals surface area contributed by atoms with Gasteiger partial charge in [-0.05, 0) is 47.4 Å². The van der Waals surface area contributed by atoms with Gasteiger partial charge in [0.25, 0.3) is 0 Å². The van der Waals surface area contributed by atoms with Crippen molar-refractivity contribution < 1.29 is 19.0 Å². The molecule has 5 heteroatoms. The first-order valence-corrected chi connectivity index (χ1v) is 8.45. The largest absolute Gasteiger partial charge is 0.489 e. The molecular weight excluding hydrogens is 321 g/mol. The number of ether oxygens (including phenoxy) is 1. The lowest BCUT2D eigenvalue weighted by molar-refractivity contribution is -0.141. The number of hydrogen-bond acceptors (Lipinski definition) is 3. The van der Waals surface area contributed by atoms with E-state index in [1.165, 1.54) is 23.3 Å². The average Bonchev–Trinajstić information content (AvgIpc) is 2.61. The van der Waals surface area contributed by atoms with Crippen molar-refractivity contribution in [3.63, 3.8) is 0 Å². The standard InChI is InChI=1S/C20H22FNO3/c1-14(20(23)24)11-22-9-8-16-10-19(7-4-17(16)12-22)25-13-15-2-5-18(21)6-3-15/h2-7,10,14H,8-9,11-13H2,1H3,(H,23,24). The van der Waals surface area contributed by atoms with Gasteiger partial charge in [-0.1, -0.05) is 25.1 Å². The van der Waals surface area contributed by atoms with Crippen LogP contribution in [0.2, 0.25) is 0 Å². The molecule has 1 N–H and O–H groups in total. The Labute approximate surface area is 146 Å². The molecule has 25 heavy (non-hydrogen) atoms. The van der Waals surface area contributed by atoms with E-state index in [0.29, 0.717) is 13.2 Å². The maximum atomic E-state index is 12.9. The van der Waals surface area contributed by atoms with Crippen molar-refractivity contribution in [2.24, 2.45) is 5.92 Å². The predicted octanol–water partition coefficient (Wildman–Crippen LogP) is 3.48. The highest BCUT2D eigenvalue weighted by molar-refractivity contribution is 5.69. The van der Waals surface area contributed by atoms with Crippen molar-refractivity contribution in [3.8, 4) is 5.75 Å². The Morgan fingerprint density at radius 3 is 2.72 bits per heavy atom. The van der Waals surface area contributed by atoms with E-state index in [1.54, 1.807) is 19.1 Å². The average molecular weight is 343 g/mol. The Hall–Kier alpha value is -2.40. The monoisotopic (exact) mass is 343 g/mol. The van der Waals surface area contributed by atoms with Crippen molar-refractivity contribution in [2.45, 2.75) is 26.5 Å². The second kappa shape index (κ2) is 7.66. The molecule has 0 saturated heterocycles. The van der Waals surface area contributed by atoms with Gasteiger partial charge in [0, 0.05) is 19.6 Å². The quantitative estimate of drug-likeness (QED) is 0.872. The summed E-state index contributed by atoms with van der Waals surface area (Å²) >= 11 is 0. The third-order valence-electron chi connectivity index (χ3n) is 4.54. The van der Waals surface area contributed by atoms with Crippen LogP contribution < -0.4 is 4.74 Å². The van der Waals surface area contributed by atoms with Gasteiger partial charge in [-0.25, -0.2) is 4.39 Å². The predicted molar refractivity (Wildman–Crippen MR) is 93.0 cm³/mol. The molecule has 1 atom stereocenters. The van der Waals surface area contributed by atoms with E-state index in [0.717, 1.165) is 30.8 Å². The zero-order chi connectivity index (χ0) is 17.8. The van der Waals surface area contributed by atoms with E-state index < -0.39 is 5.97 Å². The number of carboxylic acid groups (broad SMARTS) is 1. The maximum Gasteiger partial charge on any atom is 0.307 e. The first kappa shape index (κ1) is 17.4. The Balaban J connectivity index is 1.59. The molecule has 2 aromatic rings.